The zero-order chi connectivity index (χ0) is 6.95. The molecule has 1 rings (SSSR count). The molecule has 0 radical (unpaired) electrons. The van der Waals surface area contributed by atoms with Crippen molar-refractivity contribution in [1.29, 1.82) is 0 Å². The van der Waals surface area contributed by atoms with Gasteiger partial charge in [-0.3, -0.25) is 0 Å². The van der Waals surface area contributed by atoms with E-state index in [9.17, 15) is 0 Å². The summed E-state index contributed by atoms with van der Waals surface area (Å²) in [5.74, 6) is 0. The average molecular weight is 540 g/mol. The van der Waals surface area contributed by atoms with Gasteiger partial charge in [-0.1, -0.05) is 13.3 Å². The average Bonchev–Trinajstić information content (AvgIpc) is 2.43. The van der Waals surface area contributed by atoms with Gasteiger partial charge in [0.15, 0.2) is 0 Å². The fourth-order valence-corrected chi connectivity index (χ4v) is 0.321. The normalized spacial score (nSPS) is 5.38. The van der Waals surface area contributed by atoms with Crippen LogP contribution in [-0.2, 0) is 25.8 Å². The van der Waals surface area contributed by atoms with Gasteiger partial charge < -0.3 is 57.9 Å². The predicted molar refractivity (Wildman–Crippen MR) is 42.3 cm³/mol. The van der Waals surface area contributed by atoms with Crippen molar-refractivity contribution in [2.24, 2.45) is 0 Å². The van der Waals surface area contributed by atoms with Crippen LogP contribution in [-0.4, -0.2) is 0 Å². The third kappa shape index (κ3) is 31.7. The van der Waals surface area contributed by atoms with Gasteiger partial charge in [0.05, 0.1) is 0 Å². The maximum Gasteiger partial charge on any atom is 0 e. The van der Waals surface area contributed by atoms with E-state index in [1.54, 1.807) is 0 Å². The Morgan fingerprint density at radius 2 is 1.38 bits per heavy atom. The fourth-order valence-electron chi connectivity index (χ4n) is 0.321. The van der Waals surface area contributed by atoms with Crippen molar-refractivity contribution in [3.05, 3.63) is 37.3 Å². The van der Waals surface area contributed by atoms with Crippen LogP contribution in [0.2, 0.25) is 0 Å². The molecule has 0 saturated carbocycles. The Kier molecular flexibility index (Phi) is 65.8. The SMILES string of the molecule is [Br-].[Br-].[Br-].[CH2-]CCC.[Hf].c1cc[cH-]c1. The minimum Gasteiger partial charge on any atom is -1.00 e. The van der Waals surface area contributed by atoms with Gasteiger partial charge in [-0.2, -0.15) is 24.6 Å². The predicted octanol–water partition coefficient (Wildman–Crippen LogP) is -5.96. The van der Waals surface area contributed by atoms with Crippen LogP contribution in [0.4, 0.5) is 0 Å². The van der Waals surface area contributed by atoms with Crippen LogP contribution in [0, 0.1) is 6.92 Å². The molecule has 0 N–H and O–H groups in total. The molecule has 0 fully saturated rings. The number of hydrogen-bond acceptors (Lipinski definition) is 0. The summed E-state index contributed by atoms with van der Waals surface area (Å²) in [5.41, 5.74) is 0. The van der Waals surface area contributed by atoms with E-state index >= 15 is 0 Å². The van der Waals surface area contributed by atoms with Crippen LogP contribution < -0.4 is 50.9 Å². The fraction of sp³-hybridized carbons (Fsp3) is 0.333. The van der Waals surface area contributed by atoms with Crippen molar-refractivity contribution < 1.29 is 76.8 Å². The second-order valence-corrected chi connectivity index (χ2v) is 1.82. The molecule has 0 atom stereocenters. The molecular formula is C9H14Br3Hf-5. The van der Waals surface area contributed by atoms with Gasteiger partial charge in [0.2, 0.25) is 0 Å². The molecule has 1 aromatic carbocycles. The van der Waals surface area contributed by atoms with Gasteiger partial charge in [-0.05, 0) is 0 Å². The monoisotopic (exact) mass is 539 g/mol. The number of rotatable bonds is 1. The molecule has 1 aromatic rings. The Morgan fingerprint density at radius 3 is 1.46 bits per heavy atom. The molecule has 0 unspecified atom stereocenters. The zero-order valence-electron chi connectivity index (χ0n) is 7.64. The van der Waals surface area contributed by atoms with Crippen molar-refractivity contribution in [3.63, 3.8) is 0 Å². The Bertz CT molecular complexity index is 90.4. The molecule has 0 aliphatic carbocycles. The van der Waals surface area contributed by atoms with Gasteiger partial charge in [0.1, 0.15) is 0 Å². The summed E-state index contributed by atoms with van der Waals surface area (Å²) < 4.78 is 0. The molecular weight excluding hydrogens is 526 g/mol. The first-order valence-electron chi connectivity index (χ1n) is 3.37. The van der Waals surface area contributed by atoms with Gasteiger partial charge in [-0.15, -0.1) is 0 Å². The van der Waals surface area contributed by atoms with Crippen LogP contribution in [0.5, 0.6) is 0 Å². The molecule has 80 valence electrons. The minimum atomic E-state index is 0. The number of halogens is 3. The summed E-state index contributed by atoms with van der Waals surface area (Å²) in [6.45, 7) is 5.72. The first kappa shape index (κ1) is 29.3. The molecule has 0 bridgehead atoms. The molecule has 0 spiro atoms. The van der Waals surface area contributed by atoms with Crippen LogP contribution in [0.1, 0.15) is 19.8 Å². The van der Waals surface area contributed by atoms with Crippen LogP contribution in [0.3, 0.4) is 0 Å². The quantitative estimate of drug-likeness (QED) is 0.246. The van der Waals surface area contributed by atoms with Crippen LogP contribution in [0.15, 0.2) is 30.3 Å². The Labute approximate surface area is 132 Å². The second kappa shape index (κ2) is 29.2. The summed E-state index contributed by atoms with van der Waals surface area (Å²) in [6.07, 6.45) is 2.28. The smallest absolute Gasteiger partial charge is 0 e. The summed E-state index contributed by atoms with van der Waals surface area (Å²) in [5, 5.41) is 0. The largest absolute Gasteiger partial charge is 1.00 e. The third-order valence-corrected chi connectivity index (χ3v) is 0.909. The van der Waals surface area contributed by atoms with E-state index in [4.69, 9.17) is 0 Å². The van der Waals surface area contributed by atoms with Crippen molar-refractivity contribution >= 4 is 0 Å². The third-order valence-electron chi connectivity index (χ3n) is 0.909. The molecule has 0 heterocycles. The van der Waals surface area contributed by atoms with Crippen LogP contribution in [0.25, 0.3) is 0 Å². The van der Waals surface area contributed by atoms with Crippen molar-refractivity contribution in [1.82, 2.24) is 0 Å². The van der Waals surface area contributed by atoms with Gasteiger partial charge in [-0.25, -0.2) is 12.1 Å². The Hall–Kier alpha value is 1.66. The van der Waals surface area contributed by atoms with E-state index < -0.39 is 0 Å². The summed E-state index contributed by atoms with van der Waals surface area (Å²) in [4.78, 5) is 0. The van der Waals surface area contributed by atoms with E-state index in [1.165, 1.54) is 6.42 Å². The first-order chi connectivity index (χ1) is 4.41. The summed E-state index contributed by atoms with van der Waals surface area (Å²) in [6, 6.07) is 10.0. The standard InChI is InChI=1S/C5H5.C4H9.3BrH.Hf/c1-2-4-5-3-1;1-3-4-2;;;;/h1-5H;1,3-4H2,2H3;3*1H;/q2*-1;;;;/p-3. The van der Waals surface area contributed by atoms with E-state index in [0.29, 0.717) is 0 Å². The zero-order valence-corrected chi connectivity index (χ0v) is 16.0. The number of unbranched alkanes of at least 4 members (excludes halogenated alkanes) is 1. The summed E-state index contributed by atoms with van der Waals surface area (Å²) in [7, 11) is 0. The molecule has 0 aromatic heterocycles. The maximum atomic E-state index is 3.60. The van der Waals surface area contributed by atoms with Crippen LogP contribution >= 0.6 is 0 Å². The molecule has 0 saturated heterocycles. The van der Waals surface area contributed by atoms with Gasteiger partial charge in [0.25, 0.3) is 0 Å². The molecule has 0 nitrogen and oxygen atoms in total. The minimum absolute atomic E-state index is 0. The molecule has 13 heavy (non-hydrogen) atoms. The molecule has 0 aliphatic rings. The Balaban J connectivity index is -0.0000000256. The summed E-state index contributed by atoms with van der Waals surface area (Å²) >= 11 is 0. The van der Waals surface area contributed by atoms with E-state index in [1.807, 2.05) is 30.3 Å². The molecule has 4 heteroatoms. The number of hydrogen-bond donors (Lipinski definition) is 0. The molecule has 0 amide bonds. The van der Waals surface area contributed by atoms with E-state index in [-0.39, 0.29) is 76.8 Å². The second-order valence-electron chi connectivity index (χ2n) is 1.82. The Morgan fingerprint density at radius 1 is 1.08 bits per heavy atom. The molecule has 0 aliphatic heterocycles. The van der Waals surface area contributed by atoms with E-state index in [0.717, 1.165) is 6.42 Å². The van der Waals surface area contributed by atoms with Crippen molar-refractivity contribution in [2.45, 2.75) is 19.8 Å². The van der Waals surface area contributed by atoms with Crippen molar-refractivity contribution in [3.8, 4) is 0 Å². The van der Waals surface area contributed by atoms with Gasteiger partial charge >= 0.3 is 0 Å². The van der Waals surface area contributed by atoms with Gasteiger partial charge in [0, 0.05) is 25.8 Å². The first-order valence-corrected chi connectivity index (χ1v) is 3.37. The topological polar surface area (TPSA) is 0 Å². The van der Waals surface area contributed by atoms with E-state index in [2.05, 4.69) is 13.8 Å². The maximum absolute atomic E-state index is 3.60. The van der Waals surface area contributed by atoms with Crippen molar-refractivity contribution in [2.75, 3.05) is 0 Å².